The quantitative estimate of drug-likeness (QED) is 0.656. The number of hydrogen-bond acceptors (Lipinski definition) is 2. The molecule has 0 saturated heterocycles. The second kappa shape index (κ2) is 5.99. The monoisotopic (exact) mass is 235 g/mol. The zero-order valence-electron chi connectivity index (χ0n) is 10.4. The van der Waals surface area contributed by atoms with Crippen LogP contribution in [0.5, 0.6) is 0 Å². The summed E-state index contributed by atoms with van der Waals surface area (Å²) in [6.07, 6.45) is 11.2. The fourth-order valence-electron chi connectivity index (χ4n) is 2.72. The largest absolute Gasteiger partial charge is 0.289 e. The Morgan fingerprint density at radius 3 is 1.35 bits per heavy atom. The van der Waals surface area contributed by atoms with Gasteiger partial charge < -0.3 is 0 Å². The maximum atomic E-state index is 11.6. The molecular formula is C14H21NO2. The summed E-state index contributed by atoms with van der Waals surface area (Å²) < 4.78 is 0. The molecule has 1 heterocycles. The molecule has 94 valence electrons. The fourth-order valence-corrected chi connectivity index (χ4v) is 2.72. The third-order valence-electron chi connectivity index (χ3n) is 3.74. The van der Waals surface area contributed by atoms with Crippen molar-refractivity contribution in [3.05, 3.63) is 11.1 Å². The van der Waals surface area contributed by atoms with Crippen molar-refractivity contribution in [3.8, 4) is 0 Å². The zero-order chi connectivity index (χ0) is 12.1. The van der Waals surface area contributed by atoms with Gasteiger partial charge in [0.1, 0.15) is 0 Å². The Labute approximate surface area is 103 Å². The molecule has 0 aromatic heterocycles. The van der Waals surface area contributed by atoms with Crippen LogP contribution >= 0.6 is 0 Å². The number of rotatable bonds is 0. The number of imide groups is 1. The molecule has 17 heavy (non-hydrogen) atoms. The third kappa shape index (κ3) is 3.18. The molecule has 0 unspecified atom stereocenters. The smallest absolute Gasteiger partial charge is 0.254 e. The van der Waals surface area contributed by atoms with Crippen molar-refractivity contribution in [2.75, 3.05) is 0 Å². The molecule has 2 amide bonds. The van der Waals surface area contributed by atoms with E-state index in [4.69, 9.17) is 0 Å². The standard InChI is InChI=1S/C14H21NO2/c16-13-11-9-7-5-3-1-2-4-6-8-10-12(11)14(17)15-13/h1-10H2,(H,15,16,17). The topological polar surface area (TPSA) is 46.2 Å². The zero-order valence-corrected chi connectivity index (χ0v) is 10.4. The summed E-state index contributed by atoms with van der Waals surface area (Å²) in [6, 6.07) is 0. The van der Waals surface area contributed by atoms with E-state index in [0.29, 0.717) is 0 Å². The van der Waals surface area contributed by atoms with E-state index in [1.807, 2.05) is 0 Å². The first-order chi connectivity index (χ1) is 8.29. The van der Waals surface area contributed by atoms with Crippen molar-refractivity contribution >= 4 is 11.8 Å². The van der Waals surface area contributed by atoms with Gasteiger partial charge in [0.2, 0.25) is 0 Å². The Morgan fingerprint density at radius 2 is 0.941 bits per heavy atom. The van der Waals surface area contributed by atoms with Gasteiger partial charge >= 0.3 is 0 Å². The van der Waals surface area contributed by atoms with Crippen LogP contribution in [0.1, 0.15) is 64.2 Å². The van der Waals surface area contributed by atoms with E-state index in [1.165, 1.54) is 38.5 Å². The van der Waals surface area contributed by atoms with E-state index in [-0.39, 0.29) is 11.8 Å². The van der Waals surface area contributed by atoms with Crippen LogP contribution in [0.25, 0.3) is 0 Å². The second-order valence-electron chi connectivity index (χ2n) is 5.07. The maximum absolute atomic E-state index is 11.6. The lowest BCUT2D eigenvalue weighted by molar-refractivity contribution is -0.124. The lowest BCUT2D eigenvalue weighted by Crippen LogP contribution is -2.23. The highest BCUT2D eigenvalue weighted by atomic mass is 16.2. The molecule has 0 radical (unpaired) electrons. The van der Waals surface area contributed by atoms with E-state index in [9.17, 15) is 9.59 Å². The summed E-state index contributed by atoms with van der Waals surface area (Å²) in [4.78, 5) is 23.3. The van der Waals surface area contributed by atoms with Crippen LogP contribution in [0.15, 0.2) is 11.1 Å². The lowest BCUT2D eigenvalue weighted by Gasteiger charge is -2.07. The molecule has 3 nitrogen and oxygen atoms in total. The highest BCUT2D eigenvalue weighted by molar-refractivity contribution is 6.19. The molecule has 2 aliphatic rings. The molecule has 2 rings (SSSR count). The van der Waals surface area contributed by atoms with Gasteiger partial charge in [-0.2, -0.15) is 0 Å². The van der Waals surface area contributed by atoms with Crippen molar-refractivity contribution in [3.63, 3.8) is 0 Å². The minimum atomic E-state index is -0.137. The van der Waals surface area contributed by atoms with Gasteiger partial charge in [0.25, 0.3) is 11.8 Å². The average molecular weight is 235 g/mol. The molecule has 1 N–H and O–H groups in total. The van der Waals surface area contributed by atoms with Crippen LogP contribution in [-0.4, -0.2) is 11.8 Å². The number of amides is 2. The molecule has 0 aromatic carbocycles. The number of carbonyl (C=O) groups is 2. The van der Waals surface area contributed by atoms with Gasteiger partial charge in [0.15, 0.2) is 0 Å². The van der Waals surface area contributed by atoms with Crippen molar-refractivity contribution in [1.29, 1.82) is 0 Å². The summed E-state index contributed by atoms with van der Waals surface area (Å²) in [5, 5.41) is 2.43. The first-order valence-electron chi connectivity index (χ1n) is 6.87. The molecule has 0 aromatic rings. The van der Waals surface area contributed by atoms with Gasteiger partial charge in [0.05, 0.1) is 0 Å². The van der Waals surface area contributed by atoms with Crippen LogP contribution < -0.4 is 5.32 Å². The highest BCUT2D eigenvalue weighted by Gasteiger charge is 2.28. The Bertz CT molecular complexity index is 312. The number of carbonyl (C=O) groups excluding carboxylic acids is 2. The fraction of sp³-hybridized carbons (Fsp3) is 0.714. The average Bonchev–Trinajstić information content (AvgIpc) is 2.54. The molecule has 0 bridgehead atoms. The molecule has 0 fully saturated rings. The SMILES string of the molecule is O=C1NC(=O)C2=C1CCCCCCCCCC2. The number of hydrogen-bond donors (Lipinski definition) is 1. The third-order valence-corrected chi connectivity index (χ3v) is 3.74. The van der Waals surface area contributed by atoms with Crippen LogP contribution in [0.2, 0.25) is 0 Å². The van der Waals surface area contributed by atoms with Gasteiger partial charge in [-0.25, -0.2) is 0 Å². The molecule has 0 saturated carbocycles. The van der Waals surface area contributed by atoms with Crippen LogP contribution in [0.3, 0.4) is 0 Å². The predicted molar refractivity (Wildman–Crippen MR) is 66.3 cm³/mol. The lowest BCUT2D eigenvalue weighted by atomic mass is 9.96. The first-order valence-corrected chi connectivity index (χ1v) is 6.87. The summed E-state index contributed by atoms with van der Waals surface area (Å²) in [7, 11) is 0. The Morgan fingerprint density at radius 1 is 0.588 bits per heavy atom. The van der Waals surface area contributed by atoms with E-state index >= 15 is 0 Å². The Balaban J connectivity index is 2.06. The minimum Gasteiger partial charge on any atom is -0.289 e. The first kappa shape index (κ1) is 12.3. The summed E-state index contributed by atoms with van der Waals surface area (Å²) in [5.41, 5.74) is 1.55. The molecule has 0 atom stereocenters. The van der Waals surface area contributed by atoms with E-state index in [2.05, 4.69) is 5.32 Å². The van der Waals surface area contributed by atoms with Gasteiger partial charge in [-0.1, -0.05) is 38.5 Å². The molecule has 3 heteroatoms. The van der Waals surface area contributed by atoms with Crippen LogP contribution in [-0.2, 0) is 9.59 Å². The van der Waals surface area contributed by atoms with Gasteiger partial charge in [-0.15, -0.1) is 0 Å². The Hall–Kier alpha value is -1.12. The van der Waals surface area contributed by atoms with Crippen LogP contribution in [0, 0.1) is 0 Å². The van der Waals surface area contributed by atoms with Crippen molar-refractivity contribution < 1.29 is 9.59 Å². The maximum Gasteiger partial charge on any atom is 0.254 e. The van der Waals surface area contributed by atoms with E-state index < -0.39 is 0 Å². The minimum absolute atomic E-state index is 0.137. The van der Waals surface area contributed by atoms with Crippen LogP contribution in [0.4, 0.5) is 0 Å². The highest BCUT2D eigenvalue weighted by Crippen LogP contribution is 2.25. The number of nitrogens with one attached hydrogen (secondary N) is 1. The van der Waals surface area contributed by atoms with Gasteiger partial charge in [-0.05, 0) is 25.7 Å². The molecular weight excluding hydrogens is 214 g/mol. The summed E-state index contributed by atoms with van der Waals surface area (Å²) in [6.45, 7) is 0. The molecule has 0 spiro atoms. The predicted octanol–water partition coefficient (Wildman–Crippen LogP) is 2.85. The van der Waals surface area contributed by atoms with Crippen molar-refractivity contribution in [2.24, 2.45) is 0 Å². The molecule has 1 aliphatic heterocycles. The second-order valence-corrected chi connectivity index (χ2v) is 5.07. The molecule has 1 aliphatic carbocycles. The van der Waals surface area contributed by atoms with Gasteiger partial charge in [-0.3, -0.25) is 14.9 Å². The van der Waals surface area contributed by atoms with E-state index in [1.54, 1.807) is 0 Å². The van der Waals surface area contributed by atoms with E-state index in [0.717, 1.165) is 36.8 Å². The summed E-state index contributed by atoms with van der Waals surface area (Å²) in [5.74, 6) is -0.274. The normalized spacial score (nSPS) is 23.8. The van der Waals surface area contributed by atoms with Crippen molar-refractivity contribution in [1.82, 2.24) is 5.32 Å². The van der Waals surface area contributed by atoms with Gasteiger partial charge in [0, 0.05) is 11.1 Å². The Kier molecular flexibility index (Phi) is 4.35. The summed E-state index contributed by atoms with van der Waals surface area (Å²) >= 11 is 0. The van der Waals surface area contributed by atoms with Crippen molar-refractivity contribution in [2.45, 2.75) is 64.2 Å².